The van der Waals surface area contributed by atoms with Gasteiger partial charge in [0.15, 0.2) is 12.4 Å². The Kier molecular flexibility index (Phi) is 6.41. The van der Waals surface area contributed by atoms with E-state index >= 15 is 0 Å². The van der Waals surface area contributed by atoms with Crippen LogP contribution in [0.4, 0.5) is 5.69 Å². The van der Waals surface area contributed by atoms with E-state index in [1.54, 1.807) is 24.3 Å². The van der Waals surface area contributed by atoms with E-state index in [0.29, 0.717) is 23.7 Å². The first-order valence-electron chi connectivity index (χ1n) is 9.13. The summed E-state index contributed by atoms with van der Waals surface area (Å²) >= 11 is 0. The lowest BCUT2D eigenvalue weighted by Gasteiger charge is -2.33. The first-order valence-corrected chi connectivity index (χ1v) is 9.13. The number of aromatic nitrogens is 1. The molecule has 142 valence electrons. The first kappa shape index (κ1) is 18.9. The van der Waals surface area contributed by atoms with Crippen LogP contribution in [0.3, 0.4) is 0 Å². The topological polar surface area (TPSA) is 68.7 Å². The van der Waals surface area contributed by atoms with Crippen molar-refractivity contribution in [3.8, 4) is 5.75 Å². The minimum absolute atomic E-state index is 0.139. The molecule has 0 saturated carbocycles. The molecule has 1 saturated heterocycles. The Hall–Kier alpha value is -2.89. The fraction of sp³-hybridized carbons (Fsp3) is 0.381. The predicted octanol–water partition coefficient (Wildman–Crippen LogP) is 3.12. The summed E-state index contributed by atoms with van der Waals surface area (Å²) in [6, 6.07) is 11.0. The number of esters is 1. The first-order chi connectivity index (χ1) is 13.2. The van der Waals surface area contributed by atoms with E-state index in [0.717, 1.165) is 25.9 Å². The molecular weight excluding hydrogens is 344 g/mol. The molecule has 0 N–H and O–H groups in total. The van der Waals surface area contributed by atoms with Gasteiger partial charge in [-0.1, -0.05) is 0 Å². The van der Waals surface area contributed by atoms with Crippen LogP contribution in [0.25, 0.3) is 0 Å². The van der Waals surface area contributed by atoms with Gasteiger partial charge in [-0.15, -0.1) is 0 Å². The van der Waals surface area contributed by atoms with Gasteiger partial charge in [-0.05, 0) is 55.2 Å². The number of ketones is 1. The number of carbonyl (C=O) groups is 2. The maximum absolute atomic E-state index is 12.6. The zero-order valence-corrected chi connectivity index (χ0v) is 15.5. The molecule has 0 bridgehead atoms. The van der Waals surface area contributed by atoms with Gasteiger partial charge in [0.25, 0.3) is 0 Å². The highest BCUT2D eigenvalue weighted by atomic mass is 16.6. The Balaban J connectivity index is 1.47. The molecule has 0 aliphatic carbocycles. The van der Waals surface area contributed by atoms with Gasteiger partial charge in [-0.25, -0.2) is 4.79 Å². The Bertz CT molecular complexity index is 754. The molecular formula is C21H24N2O4. The minimum Gasteiger partial charge on any atom is -0.482 e. The third-order valence-corrected chi connectivity index (χ3v) is 4.88. The van der Waals surface area contributed by atoms with Gasteiger partial charge in [0.2, 0.25) is 0 Å². The van der Waals surface area contributed by atoms with Crippen LogP contribution < -0.4 is 9.64 Å². The Morgan fingerprint density at radius 1 is 1.07 bits per heavy atom. The minimum atomic E-state index is -0.437. The summed E-state index contributed by atoms with van der Waals surface area (Å²) in [6.45, 7) is 1.78. The van der Waals surface area contributed by atoms with E-state index in [1.165, 1.54) is 12.8 Å². The third kappa shape index (κ3) is 5.29. The standard InChI is InChI=1S/C21H24N2O4/c1-26-21(25)15-27-19-4-2-17(3-5-19)20(24)14-16-8-12-23(13-9-16)18-6-10-22-11-7-18/h2-7,10-11,16H,8-9,12-15H2,1H3. The quantitative estimate of drug-likeness (QED) is 0.552. The molecule has 3 rings (SSSR count). The van der Waals surface area contributed by atoms with E-state index in [4.69, 9.17) is 4.74 Å². The lowest BCUT2D eigenvalue weighted by molar-refractivity contribution is -0.142. The predicted molar refractivity (Wildman–Crippen MR) is 102 cm³/mol. The van der Waals surface area contributed by atoms with Gasteiger partial charge in [0, 0.05) is 43.2 Å². The molecule has 0 unspecified atom stereocenters. The second-order valence-corrected chi connectivity index (χ2v) is 6.65. The summed E-state index contributed by atoms with van der Waals surface area (Å²) in [5, 5.41) is 0. The number of methoxy groups -OCH3 is 1. The van der Waals surface area contributed by atoms with Gasteiger partial charge in [-0.2, -0.15) is 0 Å². The number of carbonyl (C=O) groups excluding carboxylic acids is 2. The number of benzene rings is 1. The van der Waals surface area contributed by atoms with E-state index in [-0.39, 0.29) is 12.4 Å². The molecule has 2 aromatic rings. The molecule has 0 atom stereocenters. The normalized spacial score (nSPS) is 14.6. The molecule has 0 spiro atoms. The lowest BCUT2D eigenvalue weighted by atomic mass is 9.89. The number of Topliss-reactive ketones (excluding diaryl/α,β-unsaturated/α-hetero) is 1. The average Bonchev–Trinajstić information content (AvgIpc) is 2.73. The molecule has 6 heteroatoms. The second kappa shape index (κ2) is 9.16. The summed E-state index contributed by atoms with van der Waals surface area (Å²) in [4.78, 5) is 30.0. The second-order valence-electron chi connectivity index (χ2n) is 6.65. The fourth-order valence-electron chi connectivity index (χ4n) is 3.27. The van der Waals surface area contributed by atoms with Gasteiger partial charge >= 0.3 is 5.97 Å². The molecule has 1 aliphatic rings. The summed E-state index contributed by atoms with van der Waals surface area (Å²) in [5.41, 5.74) is 1.87. The van der Waals surface area contributed by atoms with Crippen molar-refractivity contribution in [1.29, 1.82) is 0 Å². The number of nitrogens with zero attached hydrogens (tertiary/aromatic N) is 2. The number of pyridine rings is 1. The maximum atomic E-state index is 12.6. The smallest absolute Gasteiger partial charge is 0.343 e. The van der Waals surface area contributed by atoms with Crippen LogP contribution >= 0.6 is 0 Å². The van der Waals surface area contributed by atoms with Crippen molar-refractivity contribution >= 4 is 17.4 Å². The van der Waals surface area contributed by atoms with E-state index in [1.807, 2.05) is 24.5 Å². The molecule has 1 fully saturated rings. The highest BCUT2D eigenvalue weighted by molar-refractivity contribution is 5.96. The van der Waals surface area contributed by atoms with Gasteiger partial charge in [0.05, 0.1) is 7.11 Å². The van der Waals surface area contributed by atoms with Crippen molar-refractivity contribution in [2.75, 3.05) is 31.7 Å². The van der Waals surface area contributed by atoms with Crippen LogP contribution in [0.2, 0.25) is 0 Å². The largest absolute Gasteiger partial charge is 0.482 e. The molecule has 6 nitrogen and oxygen atoms in total. The van der Waals surface area contributed by atoms with Crippen LogP contribution in [0.1, 0.15) is 29.6 Å². The van der Waals surface area contributed by atoms with Crippen LogP contribution in [-0.4, -0.2) is 43.5 Å². The van der Waals surface area contributed by atoms with Crippen molar-refractivity contribution in [2.24, 2.45) is 5.92 Å². The van der Waals surface area contributed by atoms with Crippen LogP contribution in [0.5, 0.6) is 5.75 Å². The summed E-state index contributed by atoms with van der Waals surface area (Å²) in [7, 11) is 1.31. The number of hydrogen-bond donors (Lipinski definition) is 0. The highest BCUT2D eigenvalue weighted by Gasteiger charge is 2.22. The van der Waals surface area contributed by atoms with Crippen molar-refractivity contribution in [3.05, 3.63) is 54.4 Å². The fourth-order valence-corrected chi connectivity index (χ4v) is 3.27. The molecule has 0 radical (unpaired) electrons. The number of hydrogen-bond acceptors (Lipinski definition) is 6. The van der Waals surface area contributed by atoms with Crippen LogP contribution in [0, 0.1) is 5.92 Å². The maximum Gasteiger partial charge on any atom is 0.343 e. The number of rotatable bonds is 7. The SMILES string of the molecule is COC(=O)COc1ccc(C(=O)CC2CCN(c3ccncc3)CC2)cc1. The van der Waals surface area contributed by atoms with E-state index in [2.05, 4.69) is 14.6 Å². The molecule has 1 aliphatic heterocycles. The summed E-state index contributed by atoms with van der Waals surface area (Å²) < 4.78 is 9.83. The number of piperidine rings is 1. The van der Waals surface area contributed by atoms with E-state index in [9.17, 15) is 9.59 Å². The van der Waals surface area contributed by atoms with Crippen LogP contribution in [-0.2, 0) is 9.53 Å². The van der Waals surface area contributed by atoms with Crippen molar-refractivity contribution in [2.45, 2.75) is 19.3 Å². The number of anilines is 1. The number of ether oxygens (including phenoxy) is 2. The lowest BCUT2D eigenvalue weighted by Crippen LogP contribution is -2.34. The molecule has 2 heterocycles. The molecule has 1 aromatic carbocycles. The van der Waals surface area contributed by atoms with Crippen LogP contribution in [0.15, 0.2) is 48.8 Å². The monoisotopic (exact) mass is 368 g/mol. The van der Waals surface area contributed by atoms with Crippen molar-refractivity contribution in [3.63, 3.8) is 0 Å². The van der Waals surface area contributed by atoms with Crippen molar-refractivity contribution < 1.29 is 19.1 Å². The van der Waals surface area contributed by atoms with Crippen molar-refractivity contribution in [1.82, 2.24) is 4.98 Å². The molecule has 0 amide bonds. The highest BCUT2D eigenvalue weighted by Crippen LogP contribution is 2.26. The Morgan fingerprint density at radius 2 is 1.74 bits per heavy atom. The van der Waals surface area contributed by atoms with Gasteiger partial charge in [0.1, 0.15) is 5.75 Å². The Labute approximate surface area is 159 Å². The van der Waals surface area contributed by atoms with Gasteiger partial charge in [-0.3, -0.25) is 9.78 Å². The van der Waals surface area contributed by atoms with Gasteiger partial charge < -0.3 is 14.4 Å². The zero-order valence-electron chi connectivity index (χ0n) is 15.5. The summed E-state index contributed by atoms with van der Waals surface area (Å²) in [6.07, 6.45) is 6.20. The molecule has 1 aromatic heterocycles. The summed E-state index contributed by atoms with van der Waals surface area (Å²) in [5.74, 6) is 0.665. The zero-order chi connectivity index (χ0) is 19.1. The Morgan fingerprint density at radius 3 is 2.37 bits per heavy atom. The average molecular weight is 368 g/mol. The third-order valence-electron chi connectivity index (χ3n) is 4.88. The van der Waals surface area contributed by atoms with E-state index < -0.39 is 5.97 Å². The molecule has 27 heavy (non-hydrogen) atoms.